The van der Waals surface area contributed by atoms with Gasteiger partial charge in [0.15, 0.2) is 5.65 Å². The van der Waals surface area contributed by atoms with Crippen LogP contribution in [0.2, 0.25) is 0 Å². The van der Waals surface area contributed by atoms with Gasteiger partial charge in [-0.3, -0.25) is 4.98 Å². The van der Waals surface area contributed by atoms with Crippen molar-refractivity contribution in [2.45, 2.75) is 64.7 Å². The van der Waals surface area contributed by atoms with Crippen molar-refractivity contribution in [1.29, 1.82) is 0 Å². The lowest BCUT2D eigenvalue weighted by molar-refractivity contribution is 0.144. The van der Waals surface area contributed by atoms with Crippen molar-refractivity contribution in [2.24, 2.45) is 0 Å². The molecule has 6 heteroatoms. The van der Waals surface area contributed by atoms with Crippen LogP contribution in [0.1, 0.15) is 69.2 Å². The first-order chi connectivity index (χ1) is 13.1. The number of alkyl halides is 2. The summed E-state index contributed by atoms with van der Waals surface area (Å²) in [7, 11) is 0. The third kappa shape index (κ3) is 5.31. The summed E-state index contributed by atoms with van der Waals surface area (Å²) in [6, 6.07) is 6.48. The highest BCUT2D eigenvalue weighted by molar-refractivity contribution is 5.62. The summed E-state index contributed by atoms with van der Waals surface area (Å²) in [6.45, 7) is 1.87. The normalized spacial score (nSPS) is 15.1. The average molecular weight is 372 g/mol. The molecule has 1 aliphatic carbocycles. The zero-order valence-corrected chi connectivity index (χ0v) is 15.7. The Labute approximate surface area is 158 Å². The Morgan fingerprint density at radius 1 is 0.889 bits per heavy atom. The molecule has 27 heavy (non-hydrogen) atoms. The number of nitrogens with zero attached hydrogens (tertiary/aromatic N) is 4. The molecule has 0 aromatic carbocycles. The van der Waals surface area contributed by atoms with Crippen LogP contribution in [0.3, 0.4) is 0 Å². The number of rotatable bonds is 2. The number of hydrogen-bond acceptors (Lipinski definition) is 3. The summed E-state index contributed by atoms with van der Waals surface area (Å²) in [5.41, 5.74) is 2.63. The fourth-order valence-corrected chi connectivity index (χ4v) is 3.32. The molecular weight excluding hydrogens is 346 g/mol. The van der Waals surface area contributed by atoms with Crippen LogP contribution < -0.4 is 0 Å². The van der Waals surface area contributed by atoms with E-state index in [1.165, 1.54) is 68.0 Å². The van der Waals surface area contributed by atoms with Crippen LogP contribution in [0.4, 0.5) is 8.78 Å². The van der Waals surface area contributed by atoms with Gasteiger partial charge in [-0.1, -0.05) is 51.4 Å². The van der Waals surface area contributed by atoms with Gasteiger partial charge in [-0.25, -0.2) is 18.3 Å². The Morgan fingerprint density at radius 3 is 2.07 bits per heavy atom. The summed E-state index contributed by atoms with van der Waals surface area (Å²) in [5.74, 6) is 0. The number of pyridine rings is 1. The molecule has 0 N–H and O–H groups in total. The van der Waals surface area contributed by atoms with Crippen molar-refractivity contribution in [3.63, 3.8) is 0 Å². The minimum absolute atomic E-state index is 0.266. The van der Waals surface area contributed by atoms with E-state index in [0.29, 0.717) is 11.3 Å². The molecule has 3 heterocycles. The maximum Gasteiger partial charge on any atom is 0.282 e. The number of aryl methyl sites for hydroxylation is 1. The van der Waals surface area contributed by atoms with Gasteiger partial charge in [-0.15, -0.1) is 0 Å². The smallest absolute Gasteiger partial charge is 0.262 e. The first-order valence-corrected chi connectivity index (χ1v) is 9.71. The SMILES string of the molecule is C1CCCCCCC1.Cc1cc(-c2cnc3ccc(C(F)F)nn23)ccn1. The molecule has 4 rings (SSSR count). The number of hydrogen-bond donors (Lipinski definition) is 0. The first kappa shape index (κ1) is 19.4. The minimum atomic E-state index is -2.60. The molecule has 0 bridgehead atoms. The highest BCUT2D eigenvalue weighted by Gasteiger charge is 2.13. The summed E-state index contributed by atoms with van der Waals surface area (Å²) in [6.07, 6.45) is 12.7. The third-order valence-electron chi connectivity index (χ3n) is 4.80. The lowest BCUT2D eigenvalue weighted by Gasteiger charge is -2.05. The monoisotopic (exact) mass is 372 g/mol. The van der Waals surface area contributed by atoms with Gasteiger partial charge in [0, 0.05) is 17.5 Å². The van der Waals surface area contributed by atoms with Gasteiger partial charge in [0.1, 0.15) is 5.69 Å². The van der Waals surface area contributed by atoms with Crippen molar-refractivity contribution in [3.8, 4) is 11.3 Å². The maximum absolute atomic E-state index is 12.7. The van der Waals surface area contributed by atoms with E-state index in [2.05, 4.69) is 15.1 Å². The zero-order chi connectivity index (χ0) is 19.1. The molecule has 4 nitrogen and oxygen atoms in total. The molecule has 0 saturated heterocycles. The van der Waals surface area contributed by atoms with Crippen LogP contribution in [0, 0.1) is 6.92 Å². The Morgan fingerprint density at radius 2 is 1.52 bits per heavy atom. The van der Waals surface area contributed by atoms with Gasteiger partial charge >= 0.3 is 0 Å². The fourth-order valence-electron chi connectivity index (χ4n) is 3.32. The standard InChI is InChI=1S/C13H10F2N4.C8H16/c1-8-6-9(4-5-16-8)11-7-17-12-3-2-10(13(14)15)18-19(11)12;1-2-4-6-8-7-5-3-1/h2-7,13H,1H3;1-8H2. The van der Waals surface area contributed by atoms with Crippen molar-refractivity contribution in [1.82, 2.24) is 19.6 Å². The van der Waals surface area contributed by atoms with Crippen molar-refractivity contribution >= 4 is 5.65 Å². The molecule has 3 aromatic heterocycles. The van der Waals surface area contributed by atoms with Crippen molar-refractivity contribution in [3.05, 3.63) is 48.0 Å². The van der Waals surface area contributed by atoms with Gasteiger partial charge in [-0.2, -0.15) is 5.10 Å². The van der Waals surface area contributed by atoms with E-state index in [-0.39, 0.29) is 5.69 Å². The highest BCUT2D eigenvalue weighted by Crippen LogP contribution is 2.22. The molecule has 1 fully saturated rings. The molecule has 3 aromatic rings. The average Bonchev–Trinajstić information content (AvgIpc) is 3.05. The van der Waals surface area contributed by atoms with E-state index in [4.69, 9.17) is 0 Å². The van der Waals surface area contributed by atoms with Gasteiger partial charge in [0.05, 0.1) is 11.9 Å². The second-order valence-electron chi connectivity index (χ2n) is 6.99. The van der Waals surface area contributed by atoms with Gasteiger partial charge in [0.25, 0.3) is 6.43 Å². The van der Waals surface area contributed by atoms with E-state index in [0.717, 1.165) is 11.3 Å². The van der Waals surface area contributed by atoms with Crippen LogP contribution in [-0.2, 0) is 0 Å². The second kappa shape index (κ2) is 9.53. The molecule has 0 amide bonds. The molecule has 0 atom stereocenters. The van der Waals surface area contributed by atoms with E-state index in [1.54, 1.807) is 18.5 Å². The van der Waals surface area contributed by atoms with E-state index >= 15 is 0 Å². The Balaban J connectivity index is 0.000000221. The van der Waals surface area contributed by atoms with Crippen molar-refractivity contribution in [2.75, 3.05) is 0 Å². The van der Waals surface area contributed by atoms with E-state index < -0.39 is 6.43 Å². The molecule has 0 unspecified atom stereocenters. The summed E-state index contributed by atoms with van der Waals surface area (Å²) < 4.78 is 26.8. The number of aromatic nitrogens is 4. The second-order valence-corrected chi connectivity index (χ2v) is 6.99. The Hall–Kier alpha value is -2.37. The highest BCUT2D eigenvalue weighted by atomic mass is 19.3. The molecule has 1 aliphatic rings. The number of halogens is 2. The lowest BCUT2D eigenvalue weighted by Crippen LogP contribution is -2.00. The molecule has 0 spiro atoms. The predicted octanol–water partition coefficient (Wildman–Crippen LogP) is 6.16. The summed E-state index contributed by atoms with van der Waals surface area (Å²) in [5, 5.41) is 3.92. The Kier molecular flexibility index (Phi) is 6.85. The topological polar surface area (TPSA) is 43.1 Å². The van der Waals surface area contributed by atoms with Crippen LogP contribution in [0.25, 0.3) is 16.9 Å². The fraction of sp³-hybridized carbons (Fsp3) is 0.476. The quantitative estimate of drug-likeness (QED) is 0.541. The largest absolute Gasteiger partial charge is 0.282 e. The number of fused-ring (bicyclic) bond motifs is 1. The van der Waals surface area contributed by atoms with Gasteiger partial charge < -0.3 is 0 Å². The van der Waals surface area contributed by atoms with Gasteiger partial charge in [0.2, 0.25) is 0 Å². The van der Waals surface area contributed by atoms with E-state index in [1.807, 2.05) is 13.0 Å². The van der Waals surface area contributed by atoms with Crippen LogP contribution in [-0.4, -0.2) is 19.6 Å². The first-order valence-electron chi connectivity index (χ1n) is 9.71. The summed E-state index contributed by atoms with van der Waals surface area (Å²) >= 11 is 0. The summed E-state index contributed by atoms with van der Waals surface area (Å²) in [4.78, 5) is 8.27. The Bertz CT molecular complexity index is 836. The molecular formula is C21H26F2N4. The van der Waals surface area contributed by atoms with Crippen LogP contribution >= 0.6 is 0 Å². The predicted molar refractivity (Wildman–Crippen MR) is 103 cm³/mol. The molecule has 144 valence electrons. The van der Waals surface area contributed by atoms with E-state index in [9.17, 15) is 8.78 Å². The molecule has 1 saturated carbocycles. The third-order valence-corrected chi connectivity index (χ3v) is 4.80. The minimum Gasteiger partial charge on any atom is -0.262 e. The maximum atomic E-state index is 12.7. The molecule has 0 aliphatic heterocycles. The van der Waals surface area contributed by atoms with Crippen LogP contribution in [0.15, 0.2) is 36.7 Å². The van der Waals surface area contributed by atoms with Gasteiger partial charge in [-0.05, 0) is 31.2 Å². The lowest BCUT2D eigenvalue weighted by atomic mass is 10.0. The van der Waals surface area contributed by atoms with Crippen molar-refractivity contribution < 1.29 is 8.78 Å². The molecule has 0 radical (unpaired) electrons. The number of imidazole rings is 1. The van der Waals surface area contributed by atoms with Crippen LogP contribution in [0.5, 0.6) is 0 Å². The zero-order valence-electron chi connectivity index (χ0n) is 15.7.